The lowest BCUT2D eigenvalue weighted by atomic mass is 10.1. The lowest BCUT2D eigenvalue weighted by Gasteiger charge is -2.29. The Kier molecular flexibility index (Phi) is 3.26. The van der Waals surface area contributed by atoms with Crippen molar-refractivity contribution in [2.75, 3.05) is 18.0 Å². The van der Waals surface area contributed by atoms with Crippen LogP contribution >= 0.6 is 0 Å². The van der Waals surface area contributed by atoms with Crippen molar-refractivity contribution in [3.05, 3.63) is 29.3 Å². The summed E-state index contributed by atoms with van der Waals surface area (Å²) in [6.45, 7) is 1.37. The van der Waals surface area contributed by atoms with Crippen LogP contribution in [0.15, 0.2) is 12.1 Å². The van der Waals surface area contributed by atoms with Crippen LogP contribution in [0.3, 0.4) is 0 Å². The predicted molar refractivity (Wildman–Crippen MR) is 59.4 cm³/mol. The van der Waals surface area contributed by atoms with Crippen molar-refractivity contribution in [2.24, 2.45) is 0 Å². The number of benzene rings is 1. The van der Waals surface area contributed by atoms with Gasteiger partial charge >= 0.3 is 5.97 Å². The number of anilines is 1. The van der Waals surface area contributed by atoms with Crippen molar-refractivity contribution in [1.82, 2.24) is 0 Å². The minimum absolute atomic E-state index is 0.159. The third-order valence-corrected chi connectivity index (χ3v) is 2.96. The van der Waals surface area contributed by atoms with E-state index in [2.05, 4.69) is 0 Å². The number of carboxylic acid groups (broad SMARTS) is 1. The zero-order valence-electron chi connectivity index (χ0n) is 9.25. The van der Waals surface area contributed by atoms with Gasteiger partial charge in [-0.3, -0.25) is 0 Å². The van der Waals surface area contributed by atoms with Gasteiger partial charge in [-0.2, -0.15) is 0 Å². The zero-order chi connectivity index (χ0) is 12.4. The number of rotatable bonds is 2. The van der Waals surface area contributed by atoms with Crippen molar-refractivity contribution in [1.29, 1.82) is 0 Å². The van der Waals surface area contributed by atoms with Crippen LogP contribution in [-0.4, -0.2) is 24.2 Å². The summed E-state index contributed by atoms with van der Waals surface area (Å²) in [5.74, 6) is -3.02. The lowest BCUT2D eigenvalue weighted by Crippen LogP contribution is -2.30. The number of carbonyl (C=O) groups is 1. The molecule has 0 aliphatic carbocycles. The van der Waals surface area contributed by atoms with E-state index in [4.69, 9.17) is 5.11 Å². The third kappa shape index (κ3) is 2.38. The fourth-order valence-electron chi connectivity index (χ4n) is 2.08. The smallest absolute Gasteiger partial charge is 0.338 e. The second-order valence-corrected chi connectivity index (χ2v) is 4.14. The summed E-state index contributed by atoms with van der Waals surface area (Å²) >= 11 is 0. The lowest BCUT2D eigenvalue weighted by molar-refractivity contribution is 0.0691. The average molecular weight is 241 g/mol. The van der Waals surface area contributed by atoms with Gasteiger partial charge in [0.15, 0.2) is 0 Å². The van der Waals surface area contributed by atoms with Crippen molar-refractivity contribution < 1.29 is 18.7 Å². The molecule has 17 heavy (non-hydrogen) atoms. The van der Waals surface area contributed by atoms with E-state index in [1.54, 1.807) is 4.90 Å². The highest BCUT2D eigenvalue weighted by atomic mass is 19.1. The van der Waals surface area contributed by atoms with E-state index >= 15 is 0 Å². The topological polar surface area (TPSA) is 40.5 Å². The fraction of sp³-hybridized carbons (Fsp3) is 0.417. The molecule has 1 aromatic rings. The number of hydrogen-bond donors (Lipinski definition) is 1. The van der Waals surface area contributed by atoms with Gasteiger partial charge in [-0.15, -0.1) is 0 Å². The van der Waals surface area contributed by atoms with E-state index in [0.29, 0.717) is 13.1 Å². The van der Waals surface area contributed by atoms with Gasteiger partial charge in [-0.05, 0) is 25.3 Å². The molecule has 0 aromatic heterocycles. The van der Waals surface area contributed by atoms with Gasteiger partial charge in [0.1, 0.15) is 11.6 Å². The van der Waals surface area contributed by atoms with Gasteiger partial charge in [0, 0.05) is 19.2 Å². The number of hydrogen-bond acceptors (Lipinski definition) is 2. The first kappa shape index (κ1) is 11.8. The van der Waals surface area contributed by atoms with Gasteiger partial charge in [-0.1, -0.05) is 0 Å². The standard InChI is InChI=1S/C12H13F2NO2/c13-9-7-11(15-4-2-1-3-5-15)10(14)6-8(9)12(16)17/h6-7H,1-5H2,(H,16,17). The van der Waals surface area contributed by atoms with Gasteiger partial charge in [-0.25, -0.2) is 13.6 Å². The van der Waals surface area contributed by atoms with Crippen molar-refractivity contribution in [2.45, 2.75) is 19.3 Å². The highest BCUT2D eigenvalue weighted by Gasteiger charge is 2.20. The number of halogens is 2. The predicted octanol–water partition coefficient (Wildman–Crippen LogP) is 2.65. The normalized spacial score (nSPS) is 16.0. The van der Waals surface area contributed by atoms with E-state index in [1.165, 1.54) is 0 Å². The summed E-state index contributed by atoms with van der Waals surface area (Å²) in [6, 6.07) is 1.73. The molecule has 0 saturated carbocycles. The summed E-state index contributed by atoms with van der Waals surface area (Å²) in [7, 11) is 0. The first-order valence-electron chi connectivity index (χ1n) is 5.57. The summed E-state index contributed by atoms with van der Waals surface area (Å²) < 4.78 is 27.2. The molecular formula is C12H13F2NO2. The second-order valence-electron chi connectivity index (χ2n) is 4.14. The molecule has 1 saturated heterocycles. The molecule has 0 amide bonds. The minimum atomic E-state index is -1.45. The largest absolute Gasteiger partial charge is 0.478 e. The summed E-state index contributed by atoms with van der Waals surface area (Å²) in [5.41, 5.74) is -0.463. The molecule has 0 bridgehead atoms. The van der Waals surface area contributed by atoms with Crippen LogP contribution in [0, 0.1) is 11.6 Å². The van der Waals surface area contributed by atoms with Crippen molar-refractivity contribution in [3.8, 4) is 0 Å². The van der Waals surface area contributed by atoms with Gasteiger partial charge in [0.05, 0.1) is 11.3 Å². The van der Waals surface area contributed by atoms with Crippen molar-refractivity contribution in [3.63, 3.8) is 0 Å². The van der Waals surface area contributed by atoms with Crippen LogP contribution in [-0.2, 0) is 0 Å². The molecule has 2 rings (SSSR count). The first-order chi connectivity index (χ1) is 8.09. The molecule has 1 N–H and O–H groups in total. The van der Waals surface area contributed by atoms with Crippen LogP contribution < -0.4 is 4.90 Å². The number of piperidine rings is 1. The maximum absolute atomic E-state index is 13.7. The van der Waals surface area contributed by atoms with Crippen LogP contribution in [0.5, 0.6) is 0 Å². The van der Waals surface area contributed by atoms with E-state index in [0.717, 1.165) is 31.4 Å². The fourth-order valence-corrected chi connectivity index (χ4v) is 2.08. The Hall–Kier alpha value is -1.65. The maximum atomic E-state index is 13.7. The molecule has 1 aromatic carbocycles. The van der Waals surface area contributed by atoms with Crippen LogP contribution in [0.25, 0.3) is 0 Å². The van der Waals surface area contributed by atoms with E-state index < -0.39 is 23.2 Å². The second kappa shape index (κ2) is 4.69. The Bertz CT molecular complexity index is 442. The Morgan fingerprint density at radius 1 is 1.12 bits per heavy atom. The summed E-state index contributed by atoms with van der Waals surface area (Å²) in [6.07, 6.45) is 2.98. The third-order valence-electron chi connectivity index (χ3n) is 2.96. The van der Waals surface area contributed by atoms with E-state index in [-0.39, 0.29) is 5.69 Å². The van der Waals surface area contributed by atoms with Gasteiger partial charge in [0.2, 0.25) is 0 Å². The van der Waals surface area contributed by atoms with Crippen molar-refractivity contribution >= 4 is 11.7 Å². The molecule has 1 fully saturated rings. The zero-order valence-corrected chi connectivity index (χ0v) is 9.25. The quantitative estimate of drug-likeness (QED) is 0.865. The molecule has 92 valence electrons. The molecule has 1 heterocycles. The molecule has 3 nitrogen and oxygen atoms in total. The molecule has 1 aliphatic rings. The maximum Gasteiger partial charge on any atom is 0.338 e. The molecule has 5 heteroatoms. The number of carboxylic acids is 1. The van der Waals surface area contributed by atoms with Gasteiger partial charge < -0.3 is 10.0 Å². The highest BCUT2D eigenvalue weighted by molar-refractivity contribution is 5.88. The van der Waals surface area contributed by atoms with E-state index in [1.807, 2.05) is 0 Å². The average Bonchev–Trinajstić information content (AvgIpc) is 2.32. The molecule has 0 atom stereocenters. The van der Waals surface area contributed by atoms with Crippen LogP contribution in [0.4, 0.5) is 14.5 Å². The Balaban J connectivity index is 2.35. The molecule has 0 unspecified atom stereocenters. The molecular weight excluding hydrogens is 228 g/mol. The van der Waals surface area contributed by atoms with Gasteiger partial charge in [0.25, 0.3) is 0 Å². The monoisotopic (exact) mass is 241 g/mol. The van der Waals surface area contributed by atoms with Crippen LogP contribution in [0.1, 0.15) is 29.6 Å². The molecule has 1 aliphatic heterocycles. The minimum Gasteiger partial charge on any atom is -0.478 e. The number of aromatic carboxylic acids is 1. The van der Waals surface area contributed by atoms with Crippen LogP contribution in [0.2, 0.25) is 0 Å². The summed E-state index contributed by atoms with van der Waals surface area (Å²) in [5, 5.41) is 8.67. The first-order valence-corrected chi connectivity index (χ1v) is 5.57. The molecule has 0 spiro atoms. The Labute approximate surface area is 97.7 Å². The Morgan fingerprint density at radius 3 is 2.35 bits per heavy atom. The Morgan fingerprint density at radius 2 is 1.76 bits per heavy atom. The SMILES string of the molecule is O=C(O)c1cc(F)c(N2CCCCC2)cc1F. The highest BCUT2D eigenvalue weighted by Crippen LogP contribution is 2.26. The molecule has 0 radical (unpaired) electrons. The number of nitrogens with zero attached hydrogens (tertiary/aromatic N) is 1. The van der Waals surface area contributed by atoms with E-state index in [9.17, 15) is 13.6 Å². The summed E-state index contributed by atoms with van der Waals surface area (Å²) in [4.78, 5) is 12.4.